The monoisotopic (exact) mass is 357 g/mol. The van der Waals surface area contributed by atoms with Crippen LogP contribution in [0.2, 0.25) is 0 Å². The van der Waals surface area contributed by atoms with E-state index < -0.39 is 11.8 Å². The number of fused-ring (bicyclic) bond motifs is 1. The summed E-state index contributed by atoms with van der Waals surface area (Å²) in [5.41, 5.74) is 2.69. The number of hydrogen-bond donors (Lipinski definition) is 1. The molecule has 1 atom stereocenters. The first-order valence-electron chi connectivity index (χ1n) is 8.82. The van der Waals surface area contributed by atoms with E-state index in [-0.39, 0.29) is 17.4 Å². The van der Waals surface area contributed by atoms with E-state index in [0.29, 0.717) is 24.1 Å². The molecule has 0 radical (unpaired) electrons. The van der Waals surface area contributed by atoms with Gasteiger partial charge in [-0.25, -0.2) is 9.18 Å². The number of hydrogen-bond acceptors (Lipinski definition) is 3. The predicted octanol–water partition coefficient (Wildman–Crippen LogP) is 2.26. The van der Waals surface area contributed by atoms with Crippen molar-refractivity contribution in [3.8, 4) is 11.3 Å². The molecule has 0 spiro atoms. The number of halogens is 1. The number of carboxylic acids is 1. The minimum atomic E-state index is -1.16. The van der Waals surface area contributed by atoms with Gasteiger partial charge in [-0.05, 0) is 37.5 Å². The summed E-state index contributed by atoms with van der Waals surface area (Å²) < 4.78 is 16.2. The molecule has 136 valence electrons. The molecule has 4 rings (SSSR count). The third kappa shape index (κ3) is 2.67. The number of benzene rings is 1. The number of aromatic nitrogens is 2. The highest BCUT2D eigenvalue weighted by molar-refractivity contribution is 5.88. The van der Waals surface area contributed by atoms with Gasteiger partial charge in [0.05, 0.1) is 11.3 Å². The zero-order chi connectivity index (χ0) is 18.4. The van der Waals surface area contributed by atoms with Crippen LogP contribution in [0.5, 0.6) is 0 Å². The molecule has 1 aromatic heterocycles. The topological polar surface area (TPSA) is 75.4 Å². The Labute approximate surface area is 150 Å². The molecule has 2 aliphatic rings. The Bertz CT molecular complexity index is 902. The van der Waals surface area contributed by atoms with Crippen LogP contribution in [0.3, 0.4) is 0 Å². The number of aromatic carboxylic acids is 1. The Morgan fingerprint density at radius 3 is 2.69 bits per heavy atom. The van der Waals surface area contributed by atoms with Crippen molar-refractivity contribution in [3.63, 3.8) is 0 Å². The molecule has 0 saturated carbocycles. The van der Waals surface area contributed by atoms with Crippen LogP contribution in [-0.2, 0) is 24.7 Å². The van der Waals surface area contributed by atoms with Crippen LogP contribution in [0.1, 0.15) is 34.5 Å². The fourth-order valence-corrected chi connectivity index (χ4v) is 3.84. The van der Waals surface area contributed by atoms with Crippen molar-refractivity contribution >= 4 is 11.9 Å². The lowest BCUT2D eigenvalue weighted by atomic mass is 9.84. The quantitative estimate of drug-likeness (QED) is 0.914. The Morgan fingerprint density at radius 2 is 2.08 bits per heavy atom. The van der Waals surface area contributed by atoms with Gasteiger partial charge in [-0.1, -0.05) is 0 Å². The highest BCUT2D eigenvalue weighted by Gasteiger charge is 2.34. The maximum atomic E-state index is 14.5. The van der Waals surface area contributed by atoms with E-state index in [9.17, 15) is 14.0 Å². The molecule has 2 heterocycles. The van der Waals surface area contributed by atoms with Crippen LogP contribution in [-0.4, -0.2) is 44.8 Å². The summed E-state index contributed by atoms with van der Waals surface area (Å²) in [5.74, 6) is -1.58. The third-order valence-corrected chi connectivity index (χ3v) is 5.45. The number of carbonyl (C=O) groups is 2. The first kappa shape index (κ1) is 16.8. The van der Waals surface area contributed by atoms with Crippen LogP contribution in [0.4, 0.5) is 4.39 Å². The Balaban J connectivity index is 1.65. The van der Waals surface area contributed by atoms with Gasteiger partial charge in [-0.3, -0.25) is 9.48 Å². The van der Waals surface area contributed by atoms with Crippen molar-refractivity contribution < 1.29 is 19.1 Å². The van der Waals surface area contributed by atoms with Crippen molar-refractivity contribution in [3.05, 3.63) is 40.8 Å². The molecule has 1 amide bonds. The lowest BCUT2D eigenvalue weighted by Crippen LogP contribution is -2.46. The van der Waals surface area contributed by atoms with E-state index in [0.717, 1.165) is 43.3 Å². The number of carboxylic acid groups (broad SMARTS) is 1. The molecular formula is C19H20FN3O3. The van der Waals surface area contributed by atoms with Crippen molar-refractivity contribution in [2.24, 2.45) is 13.0 Å². The predicted molar refractivity (Wildman–Crippen MR) is 92.3 cm³/mol. The molecule has 1 fully saturated rings. The second-order valence-electron chi connectivity index (χ2n) is 7.02. The minimum Gasteiger partial charge on any atom is -0.478 e. The van der Waals surface area contributed by atoms with Gasteiger partial charge in [0, 0.05) is 49.3 Å². The highest BCUT2D eigenvalue weighted by Crippen LogP contribution is 2.35. The third-order valence-electron chi connectivity index (χ3n) is 5.45. The van der Waals surface area contributed by atoms with Gasteiger partial charge in [0.25, 0.3) is 0 Å². The average Bonchev–Trinajstić information content (AvgIpc) is 2.89. The zero-order valence-electron chi connectivity index (χ0n) is 14.5. The van der Waals surface area contributed by atoms with Crippen LogP contribution >= 0.6 is 0 Å². The summed E-state index contributed by atoms with van der Waals surface area (Å²) in [6.07, 6.45) is 3.09. The van der Waals surface area contributed by atoms with Crippen LogP contribution in [0.25, 0.3) is 11.3 Å². The molecule has 6 nitrogen and oxygen atoms in total. The van der Waals surface area contributed by atoms with E-state index in [2.05, 4.69) is 5.10 Å². The molecule has 1 aliphatic carbocycles. The maximum absolute atomic E-state index is 14.5. The largest absolute Gasteiger partial charge is 0.478 e. The second-order valence-corrected chi connectivity index (χ2v) is 7.02. The van der Waals surface area contributed by atoms with Crippen molar-refractivity contribution in [1.29, 1.82) is 0 Å². The number of rotatable bonds is 3. The van der Waals surface area contributed by atoms with Gasteiger partial charge in [-0.15, -0.1) is 0 Å². The van der Waals surface area contributed by atoms with Gasteiger partial charge in [0.2, 0.25) is 5.91 Å². The number of carbonyl (C=O) groups excluding carboxylic acids is 1. The standard InChI is InChI=1S/C19H20FN3O3/c1-22-16-10-11(18(24)23-7-2-8-23)3-6-14(16)17(21-22)13-5-4-12(19(25)26)9-15(13)20/h4-5,9,11H,2-3,6-8,10H2,1H3,(H,25,26). The summed E-state index contributed by atoms with van der Waals surface area (Å²) in [7, 11) is 1.81. The normalized spacial score (nSPS) is 19.0. The first-order valence-corrected chi connectivity index (χ1v) is 8.82. The molecule has 7 heteroatoms. The van der Waals surface area contributed by atoms with Crippen molar-refractivity contribution in [2.45, 2.75) is 25.7 Å². The van der Waals surface area contributed by atoms with Crippen molar-refractivity contribution in [2.75, 3.05) is 13.1 Å². The summed E-state index contributed by atoms with van der Waals surface area (Å²) in [6, 6.07) is 3.89. The summed E-state index contributed by atoms with van der Waals surface area (Å²) in [6.45, 7) is 1.69. The minimum absolute atomic E-state index is 0.0368. The smallest absolute Gasteiger partial charge is 0.335 e. The molecule has 1 unspecified atom stereocenters. The average molecular weight is 357 g/mol. The van der Waals surface area contributed by atoms with E-state index in [1.165, 1.54) is 12.1 Å². The number of aryl methyl sites for hydroxylation is 1. The first-order chi connectivity index (χ1) is 12.5. The molecular weight excluding hydrogens is 337 g/mol. The molecule has 0 bridgehead atoms. The summed E-state index contributed by atoms with van der Waals surface area (Å²) >= 11 is 0. The number of amides is 1. The summed E-state index contributed by atoms with van der Waals surface area (Å²) in [5, 5.41) is 13.5. The fourth-order valence-electron chi connectivity index (χ4n) is 3.84. The Morgan fingerprint density at radius 1 is 1.31 bits per heavy atom. The van der Waals surface area contributed by atoms with Crippen molar-refractivity contribution in [1.82, 2.24) is 14.7 Å². The van der Waals surface area contributed by atoms with Gasteiger partial charge in [0.15, 0.2) is 0 Å². The second kappa shape index (κ2) is 6.23. The van der Waals surface area contributed by atoms with Gasteiger partial charge >= 0.3 is 5.97 Å². The Hall–Kier alpha value is -2.70. The number of nitrogens with zero attached hydrogens (tertiary/aromatic N) is 3. The zero-order valence-corrected chi connectivity index (χ0v) is 14.5. The van der Waals surface area contributed by atoms with E-state index in [1.54, 1.807) is 4.68 Å². The highest BCUT2D eigenvalue weighted by atomic mass is 19.1. The van der Waals surface area contributed by atoms with E-state index in [4.69, 9.17) is 5.11 Å². The molecule has 1 N–H and O–H groups in total. The van der Waals surface area contributed by atoms with Gasteiger partial charge in [0.1, 0.15) is 5.82 Å². The van der Waals surface area contributed by atoms with Crippen LogP contribution in [0.15, 0.2) is 18.2 Å². The Kier molecular flexibility index (Phi) is 4.01. The molecule has 1 aliphatic heterocycles. The van der Waals surface area contributed by atoms with Gasteiger partial charge in [-0.2, -0.15) is 5.10 Å². The maximum Gasteiger partial charge on any atom is 0.335 e. The van der Waals surface area contributed by atoms with E-state index in [1.807, 2.05) is 11.9 Å². The van der Waals surface area contributed by atoms with Gasteiger partial charge < -0.3 is 10.0 Å². The molecule has 1 aromatic carbocycles. The SMILES string of the molecule is Cn1nc(-c2ccc(C(=O)O)cc2F)c2c1CC(C(=O)N1CCC1)CC2. The fraction of sp³-hybridized carbons (Fsp3) is 0.421. The lowest BCUT2D eigenvalue weighted by molar-refractivity contribution is -0.139. The molecule has 26 heavy (non-hydrogen) atoms. The van der Waals surface area contributed by atoms with Crippen LogP contribution in [0, 0.1) is 11.7 Å². The molecule has 2 aromatic rings. The summed E-state index contributed by atoms with van der Waals surface area (Å²) in [4.78, 5) is 25.4. The lowest BCUT2D eigenvalue weighted by Gasteiger charge is -2.35. The molecule has 1 saturated heterocycles. The number of likely N-dealkylation sites (tertiary alicyclic amines) is 1. The van der Waals surface area contributed by atoms with Crippen LogP contribution < -0.4 is 0 Å². The van der Waals surface area contributed by atoms with E-state index >= 15 is 0 Å².